The van der Waals surface area contributed by atoms with Crippen LogP contribution in [0.15, 0.2) is 30.6 Å². The number of nitriles is 1. The Balaban J connectivity index is 1.08. The SMILES string of the molecule is N#Cc1ccc(O[C@H]2CC[C@H](NC(=O)c3cnc(N4C[C@@H]5[C@@H](CO)[C@@H]5C4)cn3)CC2)cc1Cl. The molecule has 1 amide bonds. The molecule has 3 atom stereocenters. The number of hydrogen-bond acceptors (Lipinski definition) is 7. The summed E-state index contributed by atoms with van der Waals surface area (Å²) in [5.41, 5.74) is 0.751. The monoisotopic (exact) mass is 467 g/mol. The van der Waals surface area contributed by atoms with Crippen molar-refractivity contribution in [3.8, 4) is 11.8 Å². The average molecular weight is 468 g/mol. The highest BCUT2D eigenvalue weighted by Gasteiger charge is 2.55. The topological polar surface area (TPSA) is 111 Å². The van der Waals surface area contributed by atoms with Gasteiger partial charge in [-0.2, -0.15) is 5.26 Å². The molecule has 2 aliphatic carbocycles. The molecule has 1 aromatic heterocycles. The highest BCUT2D eigenvalue weighted by Crippen LogP contribution is 2.51. The Morgan fingerprint density at radius 1 is 1.21 bits per heavy atom. The van der Waals surface area contributed by atoms with Crippen LogP contribution in [0.4, 0.5) is 5.82 Å². The van der Waals surface area contributed by atoms with Crippen LogP contribution in [0.2, 0.25) is 5.02 Å². The lowest BCUT2D eigenvalue weighted by Gasteiger charge is -2.29. The van der Waals surface area contributed by atoms with E-state index in [1.165, 1.54) is 0 Å². The van der Waals surface area contributed by atoms with Gasteiger partial charge in [0, 0.05) is 31.8 Å². The number of aliphatic hydroxyl groups is 1. The Labute approximate surface area is 197 Å². The van der Waals surface area contributed by atoms with Crippen molar-refractivity contribution in [2.24, 2.45) is 17.8 Å². The Kier molecular flexibility index (Phi) is 6.09. The lowest BCUT2D eigenvalue weighted by Crippen LogP contribution is -2.40. The maximum absolute atomic E-state index is 12.6. The van der Waals surface area contributed by atoms with Crippen LogP contribution in [-0.4, -0.2) is 52.8 Å². The smallest absolute Gasteiger partial charge is 0.271 e. The highest BCUT2D eigenvalue weighted by molar-refractivity contribution is 6.31. The van der Waals surface area contributed by atoms with E-state index in [0.717, 1.165) is 44.6 Å². The first-order valence-electron chi connectivity index (χ1n) is 11.4. The summed E-state index contributed by atoms with van der Waals surface area (Å²) in [6.45, 7) is 2.07. The van der Waals surface area contributed by atoms with Gasteiger partial charge in [-0.05, 0) is 55.6 Å². The van der Waals surface area contributed by atoms with Gasteiger partial charge in [0.1, 0.15) is 23.3 Å². The van der Waals surface area contributed by atoms with Crippen LogP contribution in [0.3, 0.4) is 0 Å². The summed E-state index contributed by atoms with van der Waals surface area (Å²) < 4.78 is 6.01. The molecule has 172 valence electrons. The summed E-state index contributed by atoms with van der Waals surface area (Å²) in [7, 11) is 0. The zero-order valence-electron chi connectivity index (χ0n) is 18.2. The van der Waals surface area contributed by atoms with Gasteiger partial charge in [0.05, 0.1) is 29.1 Å². The van der Waals surface area contributed by atoms with Gasteiger partial charge in [-0.3, -0.25) is 4.79 Å². The summed E-state index contributed by atoms with van der Waals surface area (Å²) in [6.07, 6.45) is 6.53. The van der Waals surface area contributed by atoms with Crippen LogP contribution in [0, 0.1) is 29.1 Å². The van der Waals surface area contributed by atoms with Gasteiger partial charge in [-0.25, -0.2) is 9.97 Å². The van der Waals surface area contributed by atoms with Gasteiger partial charge < -0.3 is 20.1 Å². The van der Waals surface area contributed by atoms with Gasteiger partial charge in [-0.1, -0.05) is 11.6 Å². The Hall–Kier alpha value is -2.89. The van der Waals surface area contributed by atoms with Gasteiger partial charge in [0.2, 0.25) is 0 Å². The van der Waals surface area contributed by atoms with Crippen molar-refractivity contribution in [3.05, 3.63) is 46.9 Å². The number of carbonyl (C=O) groups excluding carboxylic acids is 1. The third kappa shape index (κ3) is 4.61. The molecule has 2 saturated carbocycles. The van der Waals surface area contributed by atoms with E-state index in [4.69, 9.17) is 21.6 Å². The second-order valence-corrected chi connectivity index (χ2v) is 9.56. The predicted octanol–water partition coefficient (Wildman–Crippen LogP) is 2.80. The molecule has 0 radical (unpaired) electrons. The molecule has 2 heterocycles. The van der Waals surface area contributed by atoms with Crippen molar-refractivity contribution in [1.82, 2.24) is 15.3 Å². The fourth-order valence-electron chi connectivity index (χ4n) is 5.15. The highest BCUT2D eigenvalue weighted by atomic mass is 35.5. The van der Waals surface area contributed by atoms with E-state index in [2.05, 4.69) is 20.2 Å². The number of ether oxygens (including phenoxy) is 1. The molecule has 0 bridgehead atoms. The molecule has 5 rings (SSSR count). The number of anilines is 1. The number of halogens is 1. The molecule has 33 heavy (non-hydrogen) atoms. The van der Waals surface area contributed by atoms with Crippen molar-refractivity contribution >= 4 is 23.3 Å². The van der Waals surface area contributed by atoms with E-state index in [9.17, 15) is 9.90 Å². The van der Waals surface area contributed by atoms with E-state index in [1.54, 1.807) is 30.6 Å². The number of benzene rings is 1. The number of fused-ring (bicyclic) bond motifs is 1. The third-order valence-electron chi connectivity index (χ3n) is 7.15. The Morgan fingerprint density at radius 2 is 1.97 bits per heavy atom. The molecular weight excluding hydrogens is 442 g/mol. The maximum Gasteiger partial charge on any atom is 0.271 e. The van der Waals surface area contributed by atoms with Crippen molar-refractivity contribution in [2.45, 2.75) is 37.8 Å². The number of aliphatic hydroxyl groups excluding tert-OH is 1. The van der Waals surface area contributed by atoms with Crippen LogP contribution in [0.25, 0.3) is 0 Å². The summed E-state index contributed by atoms with van der Waals surface area (Å²) in [6, 6.07) is 7.21. The van der Waals surface area contributed by atoms with Gasteiger partial charge in [0.15, 0.2) is 0 Å². The van der Waals surface area contributed by atoms with Gasteiger partial charge in [0.25, 0.3) is 5.91 Å². The first-order valence-corrected chi connectivity index (χ1v) is 11.8. The molecule has 0 spiro atoms. The number of nitrogens with zero attached hydrogens (tertiary/aromatic N) is 4. The first kappa shape index (κ1) is 21.9. The number of nitrogens with one attached hydrogen (secondary N) is 1. The van der Waals surface area contributed by atoms with Crippen molar-refractivity contribution in [1.29, 1.82) is 5.26 Å². The summed E-state index contributed by atoms with van der Waals surface area (Å²) in [5.74, 6) is 2.81. The largest absolute Gasteiger partial charge is 0.490 e. The van der Waals surface area contributed by atoms with E-state index < -0.39 is 0 Å². The number of carbonyl (C=O) groups is 1. The zero-order valence-corrected chi connectivity index (χ0v) is 18.9. The second-order valence-electron chi connectivity index (χ2n) is 9.16. The number of rotatable bonds is 6. The molecule has 0 unspecified atom stereocenters. The van der Waals surface area contributed by atoms with Crippen LogP contribution in [-0.2, 0) is 0 Å². The van der Waals surface area contributed by atoms with Crippen molar-refractivity contribution in [2.75, 3.05) is 24.6 Å². The normalized spacial score (nSPS) is 28.0. The quantitative estimate of drug-likeness (QED) is 0.671. The Morgan fingerprint density at radius 3 is 2.58 bits per heavy atom. The lowest BCUT2D eigenvalue weighted by atomic mass is 9.93. The number of amides is 1. The average Bonchev–Trinajstić information content (AvgIpc) is 3.30. The standard InChI is InChI=1S/C24H26ClN5O3/c25-21-7-17(4-1-14(21)8-26)33-16-5-2-15(3-6-16)29-24(32)22-9-28-23(10-27-22)30-11-18-19(12-30)20(18)13-31/h1,4,7,9-10,15-16,18-20,31H,2-3,5-6,11-13H2,(H,29,32)/t15-,16-,18-,19+,20+. The number of piperidine rings is 1. The summed E-state index contributed by atoms with van der Waals surface area (Å²) in [5, 5.41) is 21.7. The fraction of sp³-hybridized carbons (Fsp3) is 0.500. The fourth-order valence-corrected chi connectivity index (χ4v) is 5.36. The lowest BCUT2D eigenvalue weighted by molar-refractivity contribution is 0.0888. The molecule has 2 aromatic rings. The summed E-state index contributed by atoms with van der Waals surface area (Å²) in [4.78, 5) is 23.6. The molecule has 3 aliphatic rings. The van der Waals surface area contributed by atoms with E-state index in [-0.39, 0.29) is 24.7 Å². The molecule has 1 saturated heterocycles. The van der Waals surface area contributed by atoms with Gasteiger partial charge >= 0.3 is 0 Å². The molecule has 2 N–H and O–H groups in total. The van der Waals surface area contributed by atoms with Crippen LogP contribution >= 0.6 is 11.6 Å². The zero-order chi connectivity index (χ0) is 22.9. The molecule has 1 aromatic carbocycles. The number of hydrogen-bond donors (Lipinski definition) is 2. The van der Waals surface area contributed by atoms with Crippen LogP contribution in [0.5, 0.6) is 5.75 Å². The van der Waals surface area contributed by atoms with Gasteiger partial charge in [-0.15, -0.1) is 0 Å². The first-order chi connectivity index (χ1) is 16.1. The third-order valence-corrected chi connectivity index (χ3v) is 7.46. The number of aromatic nitrogens is 2. The van der Waals surface area contributed by atoms with Crippen LogP contribution in [0.1, 0.15) is 41.7 Å². The molecule has 9 heteroatoms. The van der Waals surface area contributed by atoms with E-state index in [1.807, 2.05) is 6.07 Å². The molecular formula is C24H26ClN5O3. The molecule has 1 aliphatic heterocycles. The second kappa shape index (κ2) is 9.16. The van der Waals surface area contributed by atoms with Crippen molar-refractivity contribution < 1.29 is 14.6 Å². The maximum atomic E-state index is 12.6. The minimum atomic E-state index is -0.207. The molecule has 3 fully saturated rings. The van der Waals surface area contributed by atoms with Crippen LogP contribution < -0.4 is 15.0 Å². The minimum absolute atomic E-state index is 0.0540. The predicted molar refractivity (Wildman–Crippen MR) is 122 cm³/mol. The summed E-state index contributed by atoms with van der Waals surface area (Å²) >= 11 is 6.08. The Bertz CT molecular complexity index is 1050. The van der Waals surface area contributed by atoms with E-state index in [0.29, 0.717) is 39.8 Å². The van der Waals surface area contributed by atoms with Crippen molar-refractivity contribution in [3.63, 3.8) is 0 Å². The minimum Gasteiger partial charge on any atom is -0.490 e. The molecule has 8 nitrogen and oxygen atoms in total. The van der Waals surface area contributed by atoms with E-state index >= 15 is 0 Å².